The van der Waals surface area contributed by atoms with Crippen LogP contribution in [-0.2, 0) is 0 Å². The second-order valence-electron chi connectivity index (χ2n) is 6.04. The summed E-state index contributed by atoms with van der Waals surface area (Å²) in [6.07, 6.45) is 5.32. The highest BCUT2D eigenvalue weighted by Crippen LogP contribution is 2.23. The molecule has 0 aromatic carbocycles. The molecule has 2 aromatic rings. The number of carbonyl (C=O) groups excluding carboxylic acids is 1. The van der Waals surface area contributed by atoms with Crippen LogP contribution < -0.4 is 0 Å². The van der Waals surface area contributed by atoms with Crippen molar-refractivity contribution in [3.8, 4) is 0 Å². The molecule has 1 atom stereocenters. The fraction of sp³-hybridized carbons (Fsp3) is 0.500. The van der Waals surface area contributed by atoms with E-state index >= 15 is 0 Å². The summed E-state index contributed by atoms with van der Waals surface area (Å²) in [5.41, 5.74) is -0.552. The Morgan fingerprint density at radius 2 is 2.27 bits per heavy atom. The molecular weight excluding hydrogens is 306 g/mol. The highest BCUT2D eigenvalue weighted by Gasteiger charge is 2.39. The first-order valence-corrected chi connectivity index (χ1v) is 7.41. The van der Waals surface area contributed by atoms with Crippen LogP contribution >= 0.6 is 11.6 Å². The lowest BCUT2D eigenvalue weighted by Crippen LogP contribution is -2.43. The van der Waals surface area contributed by atoms with Crippen LogP contribution in [0.15, 0.2) is 18.6 Å². The minimum absolute atomic E-state index is 0.198. The van der Waals surface area contributed by atoms with E-state index < -0.39 is 5.60 Å². The first-order chi connectivity index (χ1) is 10.4. The van der Waals surface area contributed by atoms with Crippen molar-refractivity contribution in [3.63, 3.8) is 0 Å². The summed E-state index contributed by atoms with van der Waals surface area (Å²) in [5.74, 6) is 0.229. The number of rotatable bonds is 3. The highest BCUT2D eigenvalue weighted by atomic mass is 35.5. The van der Waals surface area contributed by atoms with E-state index in [1.807, 2.05) is 19.0 Å². The number of imidazole rings is 1. The van der Waals surface area contributed by atoms with Crippen molar-refractivity contribution in [2.24, 2.45) is 0 Å². The lowest BCUT2D eigenvalue weighted by molar-refractivity contribution is 0.0235. The molecule has 8 heteroatoms. The molecule has 0 spiro atoms. The van der Waals surface area contributed by atoms with Gasteiger partial charge in [0.25, 0.3) is 5.91 Å². The first-order valence-electron chi connectivity index (χ1n) is 7.03. The highest BCUT2D eigenvalue weighted by molar-refractivity contribution is 6.30. The standard InChI is InChI=1S/C14H18ClN5O2/c1-18(2)8-14(22)3-4-19(9-14)12(21)11-7-20-6-10(15)5-16-13(20)17-11/h5-7,22H,3-4,8-9H2,1-2H3/t14-/m0/s1. The summed E-state index contributed by atoms with van der Waals surface area (Å²) >= 11 is 5.88. The number of carbonyl (C=O) groups is 1. The van der Waals surface area contributed by atoms with E-state index in [1.54, 1.807) is 21.7 Å². The molecule has 3 rings (SSSR count). The number of nitrogens with zero attached hydrogens (tertiary/aromatic N) is 5. The second kappa shape index (κ2) is 5.49. The van der Waals surface area contributed by atoms with Crippen molar-refractivity contribution in [1.29, 1.82) is 0 Å². The van der Waals surface area contributed by atoms with Gasteiger partial charge in [0.1, 0.15) is 5.69 Å². The Morgan fingerprint density at radius 1 is 1.50 bits per heavy atom. The average Bonchev–Trinajstić information content (AvgIpc) is 3.00. The lowest BCUT2D eigenvalue weighted by atomic mass is 10.0. The van der Waals surface area contributed by atoms with Crippen molar-refractivity contribution in [3.05, 3.63) is 29.3 Å². The maximum absolute atomic E-state index is 12.5. The summed E-state index contributed by atoms with van der Waals surface area (Å²) < 4.78 is 1.62. The zero-order valence-electron chi connectivity index (χ0n) is 12.5. The number of amides is 1. The molecule has 1 fully saturated rings. The van der Waals surface area contributed by atoms with Gasteiger partial charge in [-0.1, -0.05) is 11.6 Å². The van der Waals surface area contributed by atoms with E-state index in [0.29, 0.717) is 42.5 Å². The maximum atomic E-state index is 12.5. The van der Waals surface area contributed by atoms with E-state index in [4.69, 9.17) is 11.6 Å². The van der Waals surface area contributed by atoms with Gasteiger partial charge in [-0.25, -0.2) is 9.97 Å². The summed E-state index contributed by atoms with van der Waals surface area (Å²) in [7, 11) is 3.81. The molecule has 1 aliphatic rings. The minimum atomic E-state index is -0.861. The van der Waals surface area contributed by atoms with E-state index in [-0.39, 0.29) is 5.91 Å². The fourth-order valence-electron chi connectivity index (χ4n) is 2.87. The molecule has 2 aromatic heterocycles. The van der Waals surface area contributed by atoms with E-state index in [2.05, 4.69) is 9.97 Å². The first kappa shape index (κ1) is 15.2. The van der Waals surface area contributed by atoms with E-state index in [0.717, 1.165) is 0 Å². The molecule has 0 aliphatic carbocycles. The van der Waals surface area contributed by atoms with Gasteiger partial charge in [-0.15, -0.1) is 0 Å². The zero-order chi connectivity index (χ0) is 15.9. The summed E-state index contributed by atoms with van der Waals surface area (Å²) in [4.78, 5) is 24.4. The van der Waals surface area contributed by atoms with Gasteiger partial charge in [0, 0.05) is 25.5 Å². The molecule has 1 saturated heterocycles. The number of β-amino-alcohol motifs (C(OH)–C–C–N with tert-alkyl or cyclic N) is 1. The number of halogens is 1. The van der Waals surface area contributed by atoms with Crippen molar-refractivity contribution in [2.75, 3.05) is 33.7 Å². The summed E-state index contributed by atoms with van der Waals surface area (Å²) in [6, 6.07) is 0. The molecule has 0 saturated carbocycles. The molecule has 7 nitrogen and oxygen atoms in total. The second-order valence-corrected chi connectivity index (χ2v) is 6.48. The molecular formula is C14H18ClN5O2. The Morgan fingerprint density at radius 3 is 3.00 bits per heavy atom. The van der Waals surface area contributed by atoms with Gasteiger partial charge in [-0.05, 0) is 20.5 Å². The fourth-order valence-corrected chi connectivity index (χ4v) is 3.03. The van der Waals surface area contributed by atoms with Gasteiger partial charge in [-0.2, -0.15) is 0 Å². The van der Waals surface area contributed by atoms with Crippen molar-refractivity contribution < 1.29 is 9.90 Å². The Bertz CT molecular complexity index is 716. The molecule has 1 amide bonds. The number of likely N-dealkylation sites (N-methyl/N-ethyl adjacent to an activating group) is 1. The number of aromatic nitrogens is 3. The number of hydrogen-bond acceptors (Lipinski definition) is 5. The molecule has 1 aliphatic heterocycles. The van der Waals surface area contributed by atoms with Gasteiger partial charge in [0.2, 0.25) is 5.78 Å². The number of fused-ring (bicyclic) bond motifs is 1. The Labute approximate surface area is 133 Å². The third kappa shape index (κ3) is 2.92. The van der Waals surface area contributed by atoms with Crippen molar-refractivity contribution in [2.45, 2.75) is 12.0 Å². The molecule has 0 unspecified atom stereocenters. The Hall–Kier alpha value is -1.70. The van der Waals surface area contributed by atoms with Crippen LogP contribution in [0.5, 0.6) is 0 Å². The van der Waals surface area contributed by atoms with Gasteiger partial charge in [0.15, 0.2) is 0 Å². The van der Waals surface area contributed by atoms with Crippen molar-refractivity contribution in [1.82, 2.24) is 24.2 Å². The third-order valence-corrected chi connectivity index (χ3v) is 3.92. The summed E-state index contributed by atoms with van der Waals surface area (Å²) in [5, 5.41) is 11.0. The van der Waals surface area contributed by atoms with Crippen LogP contribution in [0.2, 0.25) is 5.02 Å². The maximum Gasteiger partial charge on any atom is 0.274 e. The quantitative estimate of drug-likeness (QED) is 0.891. The molecule has 22 heavy (non-hydrogen) atoms. The molecule has 3 heterocycles. The lowest BCUT2D eigenvalue weighted by Gasteiger charge is -2.26. The predicted octanol–water partition coefficient (Wildman–Crippen LogP) is 0.521. The van der Waals surface area contributed by atoms with Crippen LogP contribution in [0, 0.1) is 0 Å². The number of aliphatic hydroxyl groups is 1. The third-order valence-electron chi connectivity index (χ3n) is 3.73. The van der Waals surface area contributed by atoms with Gasteiger partial charge >= 0.3 is 0 Å². The largest absolute Gasteiger partial charge is 0.387 e. The normalized spacial score (nSPS) is 22.0. The monoisotopic (exact) mass is 323 g/mol. The van der Waals surface area contributed by atoms with Crippen LogP contribution in [-0.4, -0.2) is 74.5 Å². The molecule has 0 radical (unpaired) electrons. The topological polar surface area (TPSA) is 74.0 Å². The number of likely N-dealkylation sites (tertiary alicyclic amines) is 1. The average molecular weight is 324 g/mol. The van der Waals surface area contributed by atoms with Gasteiger partial charge < -0.3 is 14.9 Å². The van der Waals surface area contributed by atoms with Crippen LogP contribution in [0.1, 0.15) is 16.9 Å². The number of hydrogen-bond donors (Lipinski definition) is 1. The van der Waals surface area contributed by atoms with Crippen LogP contribution in [0.3, 0.4) is 0 Å². The SMILES string of the molecule is CN(C)C[C@@]1(O)CCN(C(=O)c2cn3cc(Cl)cnc3n2)C1. The van der Waals surface area contributed by atoms with Crippen LogP contribution in [0.25, 0.3) is 5.78 Å². The summed E-state index contributed by atoms with van der Waals surface area (Å²) in [6.45, 7) is 1.36. The molecule has 1 N–H and O–H groups in total. The van der Waals surface area contributed by atoms with Gasteiger partial charge in [0.05, 0.1) is 23.4 Å². The minimum Gasteiger partial charge on any atom is -0.387 e. The van der Waals surface area contributed by atoms with Crippen molar-refractivity contribution >= 4 is 23.3 Å². The zero-order valence-corrected chi connectivity index (χ0v) is 13.3. The van der Waals surface area contributed by atoms with E-state index in [9.17, 15) is 9.90 Å². The smallest absolute Gasteiger partial charge is 0.274 e. The van der Waals surface area contributed by atoms with Crippen LogP contribution in [0.4, 0.5) is 0 Å². The molecule has 118 valence electrons. The van der Waals surface area contributed by atoms with E-state index in [1.165, 1.54) is 6.20 Å². The Balaban J connectivity index is 1.79. The van der Waals surface area contributed by atoms with Gasteiger partial charge in [-0.3, -0.25) is 9.20 Å². The Kier molecular flexibility index (Phi) is 3.80. The molecule has 0 bridgehead atoms. The predicted molar refractivity (Wildman–Crippen MR) is 82.0 cm³/mol.